The number of nitrogens with zero attached hydrogens (tertiary/aromatic N) is 2. The number of hydrogen-bond donors (Lipinski definition) is 1. The second kappa shape index (κ2) is 6.31. The summed E-state index contributed by atoms with van der Waals surface area (Å²) in [6.07, 6.45) is 2.09. The molecule has 0 aliphatic rings. The molecule has 1 N–H and O–H groups in total. The van der Waals surface area contributed by atoms with Gasteiger partial charge in [0.25, 0.3) is 0 Å². The van der Waals surface area contributed by atoms with E-state index in [9.17, 15) is 0 Å². The first-order chi connectivity index (χ1) is 9.91. The highest BCUT2D eigenvalue weighted by atomic mass is 16.5. The highest BCUT2D eigenvalue weighted by molar-refractivity contribution is 5.33. The zero-order chi connectivity index (χ0) is 15.5. The average molecular weight is 287 g/mol. The second-order valence-corrected chi connectivity index (χ2v) is 6.34. The summed E-state index contributed by atoms with van der Waals surface area (Å²) in [6, 6.07) is 8.09. The third-order valence-corrected chi connectivity index (χ3v) is 3.44. The Labute approximate surface area is 127 Å². The van der Waals surface area contributed by atoms with Crippen molar-refractivity contribution in [3.8, 4) is 5.75 Å². The molecule has 0 bridgehead atoms. The summed E-state index contributed by atoms with van der Waals surface area (Å²) in [7, 11) is 3.68. The van der Waals surface area contributed by atoms with Crippen LogP contribution in [0.1, 0.15) is 37.6 Å². The molecule has 0 unspecified atom stereocenters. The molecular formula is C17H25N3O. The SMILES string of the molecule is COc1ccccc1CNCc1cn(C)nc1C(C)(C)C. The van der Waals surface area contributed by atoms with Crippen LogP contribution in [0.2, 0.25) is 0 Å². The van der Waals surface area contributed by atoms with Crippen molar-refractivity contribution in [2.45, 2.75) is 39.3 Å². The van der Waals surface area contributed by atoms with Gasteiger partial charge in [-0.3, -0.25) is 4.68 Å². The molecule has 0 spiro atoms. The quantitative estimate of drug-likeness (QED) is 0.919. The monoisotopic (exact) mass is 287 g/mol. The van der Waals surface area contributed by atoms with Gasteiger partial charge in [-0.25, -0.2) is 0 Å². The second-order valence-electron chi connectivity index (χ2n) is 6.34. The van der Waals surface area contributed by atoms with Crippen molar-refractivity contribution >= 4 is 0 Å². The summed E-state index contributed by atoms with van der Waals surface area (Å²) in [5.41, 5.74) is 3.63. The Balaban J connectivity index is 2.04. The first-order valence-electron chi connectivity index (χ1n) is 7.27. The Hall–Kier alpha value is -1.81. The van der Waals surface area contributed by atoms with Crippen molar-refractivity contribution in [1.29, 1.82) is 0 Å². The molecule has 0 aliphatic heterocycles. The molecule has 114 valence electrons. The molecule has 1 heterocycles. The number of rotatable bonds is 5. The third-order valence-electron chi connectivity index (χ3n) is 3.44. The largest absolute Gasteiger partial charge is 0.496 e. The molecule has 4 nitrogen and oxygen atoms in total. The van der Waals surface area contributed by atoms with Crippen LogP contribution in [-0.2, 0) is 25.6 Å². The fourth-order valence-corrected chi connectivity index (χ4v) is 2.48. The number of aromatic nitrogens is 2. The van der Waals surface area contributed by atoms with E-state index in [1.807, 2.05) is 29.9 Å². The predicted octanol–water partition coefficient (Wildman–Crippen LogP) is 3.02. The van der Waals surface area contributed by atoms with Crippen molar-refractivity contribution < 1.29 is 4.74 Å². The third kappa shape index (κ3) is 3.85. The van der Waals surface area contributed by atoms with Crippen molar-refractivity contribution in [2.24, 2.45) is 7.05 Å². The minimum Gasteiger partial charge on any atom is -0.496 e. The lowest BCUT2D eigenvalue weighted by atomic mass is 9.89. The van der Waals surface area contributed by atoms with Gasteiger partial charge in [0.05, 0.1) is 12.8 Å². The maximum atomic E-state index is 5.37. The molecule has 0 amide bonds. The van der Waals surface area contributed by atoms with Crippen LogP contribution in [0.3, 0.4) is 0 Å². The lowest BCUT2D eigenvalue weighted by Gasteiger charge is -2.17. The van der Waals surface area contributed by atoms with Crippen LogP contribution >= 0.6 is 0 Å². The summed E-state index contributed by atoms with van der Waals surface area (Å²) in [4.78, 5) is 0. The minimum absolute atomic E-state index is 0.0582. The van der Waals surface area contributed by atoms with Gasteiger partial charge in [0.15, 0.2) is 0 Å². The molecule has 2 rings (SSSR count). The van der Waals surface area contributed by atoms with Gasteiger partial charge < -0.3 is 10.1 Å². The van der Waals surface area contributed by atoms with E-state index in [1.54, 1.807) is 7.11 Å². The van der Waals surface area contributed by atoms with Crippen molar-refractivity contribution in [3.05, 3.63) is 47.3 Å². The molecule has 0 saturated carbocycles. The number of aryl methyl sites for hydroxylation is 1. The smallest absolute Gasteiger partial charge is 0.123 e. The van der Waals surface area contributed by atoms with Crippen LogP contribution in [-0.4, -0.2) is 16.9 Å². The Bertz CT molecular complexity index is 596. The predicted molar refractivity (Wildman–Crippen MR) is 85.4 cm³/mol. The molecule has 0 aliphatic carbocycles. The van der Waals surface area contributed by atoms with Gasteiger partial charge in [-0.05, 0) is 6.07 Å². The number of ether oxygens (including phenoxy) is 1. The molecular weight excluding hydrogens is 262 g/mol. The number of benzene rings is 1. The first-order valence-corrected chi connectivity index (χ1v) is 7.27. The highest BCUT2D eigenvalue weighted by Gasteiger charge is 2.21. The van der Waals surface area contributed by atoms with E-state index in [1.165, 1.54) is 11.1 Å². The van der Waals surface area contributed by atoms with Crippen LogP contribution in [0.4, 0.5) is 0 Å². The molecule has 0 atom stereocenters. The first kappa shape index (κ1) is 15.6. The van der Waals surface area contributed by atoms with Crippen LogP contribution in [0.25, 0.3) is 0 Å². The summed E-state index contributed by atoms with van der Waals surface area (Å²) < 4.78 is 7.26. The normalized spacial score (nSPS) is 11.7. The summed E-state index contributed by atoms with van der Waals surface area (Å²) in [5.74, 6) is 0.923. The standard InChI is InChI=1S/C17H25N3O/c1-17(2,3)16-14(12-20(4)19-16)11-18-10-13-8-6-7-9-15(13)21-5/h6-9,12,18H,10-11H2,1-5H3. The fraction of sp³-hybridized carbons (Fsp3) is 0.471. The lowest BCUT2D eigenvalue weighted by molar-refractivity contribution is 0.407. The van der Waals surface area contributed by atoms with Gasteiger partial charge in [0, 0.05) is 42.9 Å². The average Bonchev–Trinajstić information content (AvgIpc) is 2.80. The van der Waals surface area contributed by atoms with Crippen molar-refractivity contribution in [2.75, 3.05) is 7.11 Å². The van der Waals surface area contributed by atoms with Crippen LogP contribution in [0.15, 0.2) is 30.5 Å². The Kier molecular flexibility index (Phi) is 4.68. The number of methoxy groups -OCH3 is 1. The Morgan fingerprint density at radius 3 is 2.48 bits per heavy atom. The Morgan fingerprint density at radius 2 is 1.81 bits per heavy atom. The van der Waals surface area contributed by atoms with E-state index in [4.69, 9.17) is 4.74 Å². The minimum atomic E-state index is 0.0582. The van der Waals surface area contributed by atoms with E-state index in [0.29, 0.717) is 0 Å². The maximum absolute atomic E-state index is 5.37. The topological polar surface area (TPSA) is 39.1 Å². The fourth-order valence-electron chi connectivity index (χ4n) is 2.48. The van der Waals surface area contributed by atoms with E-state index < -0.39 is 0 Å². The summed E-state index contributed by atoms with van der Waals surface area (Å²) >= 11 is 0. The van der Waals surface area contributed by atoms with Crippen LogP contribution in [0, 0.1) is 0 Å². The van der Waals surface area contributed by atoms with Gasteiger partial charge in [0.1, 0.15) is 5.75 Å². The highest BCUT2D eigenvalue weighted by Crippen LogP contribution is 2.24. The van der Waals surface area contributed by atoms with Gasteiger partial charge >= 0.3 is 0 Å². The van der Waals surface area contributed by atoms with Gasteiger partial charge in [-0.15, -0.1) is 0 Å². The molecule has 1 aromatic heterocycles. The molecule has 4 heteroatoms. The Morgan fingerprint density at radius 1 is 1.14 bits per heavy atom. The van der Waals surface area contributed by atoms with Crippen molar-refractivity contribution in [3.63, 3.8) is 0 Å². The zero-order valence-electron chi connectivity index (χ0n) is 13.6. The van der Waals surface area contributed by atoms with E-state index in [2.05, 4.69) is 43.4 Å². The summed E-state index contributed by atoms with van der Waals surface area (Å²) in [6.45, 7) is 8.16. The number of nitrogens with one attached hydrogen (secondary N) is 1. The molecule has 0 saturated heterocycles. The zero-order valence-corrected chi connectivity index (χ0v) is 13.6. The molecule has 2 aromatic rings. The van der Waals surface area contributed by atoms with E-state index >= 15 is 0 Å². The lowest BCUT2D eigenvalue weighted by Crippen LogP contribution is -2.19. The number of para-hydroxylation sites is 1. The van der Waals surface area contributed by atoms with E-state index in [-0.39, 0.29) is 5.41 Å². The molecule has 21 heavy (non-hydrogen) atoms. The molecule has 0 radical (unpaired) electrons. The van der Waals surface area contributed by atoms with Gasteiger partial charge in [-0.2, -0.15) is 5.10 Å². The molecule has 0 fully saturated rings. The maximum Gasteiger partial charge on any atom is 0.123 e. The number of hydrogen-bond acceptors (Lipinski definition) is 3. The van der Waals surface area contributed by atoms with Gasteiger partial charge in [-0.1, -0.05) is 39.0 Å². The van der Waals surface area contributed by atoms with E-state index in [0.717, 1.165) is 24.5 Å². The van der Waals surface area contributed by atoms with Gasteiger partial charge in [0.2, 0.25) is 0 Å². The molecule has 1 aromatic carbocycles. The van der Waals surface area contributed by atoms with Crippen molar-refractivity contribution in [1.82, 2.24) is 15.1 Å². The van der Waals surface area contributed by atoms with Crippen LogP contribution in [0.5, 0.6) is 5.75 Å². The summed E-state index contributed by atoms with van der Waals surface area (Å²) in [5, 5.41) is 8.08. The van der Waals surface area contributed by atoms with Crippen LogP contribution < -0.4 is 10.1 Å².